The molecule has 2 aromatic rings. The maximum Gasteiger partial charge on any atom is 0.260 e. The SMILES string of the molecule is CCN(C(=O)c1cc(C)ccc1NC)c1ccc(C)cc1. The van der Waals surface area contributed by atoms with Crippen LogP contribution in [0, 0.1) is 13.8 Å². The van der Waals surface area contributed by atoms with Crippen LogP contribution in [0.3, 0.4) is 0 Å². The largest absolute Gasteiger partial charge is 0.387 e. The second kappa shape index (κ2) is 6.44. The van der Waals surface area contributed by atoms with Crippen LogP contribution in [0.4, 0.5) is 11.4 Å². The molecule has 0 saturated carbocycles. The minimum absolute atomic E-state index is 0.0226. The minimum Gasteiger partial charge on any atom is -0.387 e. The fraction of sp³-hybridized carbons (Fsp3) is 0.278. The number of hydrogen-bond donors (Lipinski definition) is 1. The molecular formula is C18H22N2O. The number of nitrogens with zero attached hydrogens (tertiary/aromatic N) is 1. The molecule has 3 nitrogen and oxygen atoms in total. The van der Waals surface area contributed by atoms with Crippen LogP contribution in [0.5, 0.6) is 0 Å². The summed E-state index contributed by atoms with van der Waals surface area (Å²) in [4.78, 5) is 14.7. The van der Waals surface area contributed by atoms with E-state index >= 15 is 0 Å². The molecule has 110 valence electrons. The Bertz CT molecular complexity index is 632. The summed E-state index contributed by atoms with van der Waals surface area (Å²) in [5.41, 5.74) is 4.76. The van der Waals surface area contributed by atoms with E-state index in [0.717, 1.165) is 16.9 Å². The Labute approximate surface area is 126 Å². The average molecular weight is 282 g/mol. The predicted octanol–water partition coefficient (Wildman–Crippen LogP) is 4.01. The Morgan fingerprint density at radius 1 is 1.05 bits per heavy atom. The number of benzene rings is 2. The lowest BCUT2D eigenvalue weighted by molar-refractivity contribution is 0.0989. The minimum atomic E-state index is 0.0226. The highest BCUT2D eigenvalue weighted by atomic mass is 16.2. The monoisotopic (exact) mass is 282 g/mol. The average Bonchev–Trinajstić information content (AvgIpc) is 2.49. The van der Waals surface area contributed by atoms with Crippen LogP contribution in [0.1, 0.15) is 28.4 Å². The van der Waals surface area contributed by atoms with Crippen molar-refractivity contribution in [2.75, 3.05) is 23.8 Å². The van der Waals surface area contributed by atoms with Crippen LogP contribution in [-0.2, 0) is 0 Å². The number of carbonyl (C=O) groups is 1. The van der Waals surface area contributed by atoms with Gasteiger partial charge in [-0.25, -0.2) is 0 Å². The molecule has 0 unspecified atom stereocenters. The van der Waals surface area contributed by atoms with Gasteiger partial charge in [0.1, 0.15) is 0 Å². The summed E-state index contributed by atoms with van der Waals surface area (Å²) in [7, 11) is 1.84. The van der Waals surface area contributed by atoms with Crippen LogP contribution in [0.15, 0.2) is 42.5 Å². The number of rotatable bonds is 4. The number of nitrogens with one attached hydrogen (secondary N) is 1. The van der Waals surface area contributed by atoms with Gasteiger partial charge in [-0.2, -0.15) is 0 Å². The molecule has 3 heteroatoms. The first-order valence-corrected chi connectivity index (χ1v) is 7.23. The molecule has 1 amide bonds. The zero-order valence-corrected chi connectivity index (χ0v) is 13.1. The van der Waals surface area contributed by atoms with Gasteiger partial charge in [-0.1, -0.05) is 29.3 Å². The molecule has 0 aliphatic rings. The quantitative estimate of drug-likeness (QED) is 0.919. The van der Waals surface area contributed by atoms with Gasteiger partial charge in [0.2, 0.25) is 0 Å². The van der Waals surface area contributed by atoms with Crippen molar-refractivity contribution in [2.24, 2.45) is 0 Å². The standard InChI is InChI=1S/C18H22N2O/c1-5-20(15-9-6-13(2)7-10-15)18(21)16-12-14(3)8-11-17(16)19-4/h6-12,19H,5H2,1-4H3. The first-order chi connectivity index (χ1) is 10.1. The van der Waals surface area contributed by atoms with E-state index < -0.39 is 0 Å². The number of amides is 1. The van der Waals surface area contributed by atoms with Gasteiger partial charge in [0, 0.05) is 25.0 Å². The smallest absolute Gasteiger partial charge is 0.260 e. The fourth-order valence-corrected chi connectivity index (χ4v) is 2.37. The Hall–Kier alpha value is -2.29. The number of aryl methyl sites for hydroxylation is 2. The molecule has 0 aliphatic carbocycles. The van der Waals surface area contributed by atoms with E-state index in [-0.39, 0.29) is 5.91 Å². The van der Waals surface area contributed by atoms with Crippen molar-refractivity contribution in [3.63, 3.8) is 0 Å². The van der Waals surface area contributed by atoms with Crippen LogP contribution in [0.2, 0.25) is 0 Å². The number of anilines is 2. The highest BCUT2D eigenvalue weighted by molar-refractivity contribution is 6.09. The van der Waals surface area contributed by atoms with E-state index in [4.69, 9.17) is 0 Å². The maximum absolute atomic E-state index is 12.9. The highest BCUT2D eigenvalue weighted by Gasteiger charge is 2.19. The van der Waals surface area contributed by atoms with E-state index in [1.54, 1.807) is 4.90 Å². The van der Waals surface area contributed by atoms with Gasteiger partial charge in [-0.15, -0.1) is 0 Å². The summed E-state index contributed by atoms with van der Waals surface area (Å²) >= 11 is 0. The van der Waals surface area contributed by atoms with Crippen LogP contribution < -0.4 is 10.2 Å². The molecule has 0 fully saturated rings. The van der Waals surface area contributed by atoms with Gasteiger partial charge in [-0.05, 0) is 45.0 Å². The molecule has 21 heavy (non-hydrogen) atoms. The first kappa shape index (κ1) is 15.1. The highest BCUT2D eigenvalue weighted by Crippen LogP contribution is 2.23. The molecule has 0 bridgehead atoms. The molecule has 0 heterocycles. The van der Waals surface area contributed by atoms with Crippen LogP contribution in [-0.4, -0.2) is 19.5 Å². The third kappa shape index (κ3) is 3.24. The van der Waals surface area contributed by atoms with E-state index in [0.29, 0.717) is 12.1 Å². The van der Waals surface area contributed by atoms with Crippen molar-refractivity contribution in [1.29, 1.82) is 0 Å². The molecule has 0 aromatic heterocycles. The van der Waals surface area contributed by atoms with Crippen molar-refractivity contribution >= 4 is 17.3 Å². The molecule has 0 aliphatic heterocycles. The fourth-order valence-electron chi connectivity index (χ4n) is 2.37. The zero-order valence-electron chi connectivity index (χ0n) is 13.1. The predicted molar refractivity (Wildman–Crippen MR) is 89.3 cm³/mol. The van der Waals surface area contributed by atoms with E-state index in [2.05, 4.69) is 5.32 Å². The van der Waals surface area contributed by atoms with E-state index in [1.165, 1.54) is 5.56 Å². The third-order valence-corrected chi connectivity index (χ3v) is 3.58. The number of hydrogen-bond acceptors (Lipinski definition) is 2. The zero-order chi connectivity index (χ0) is 15.4. The summed E-state index contributed by atoms with van der Waals surface area (Å²) in [6, 6.07) is 13.9. The third-order valence-electron chi connectivity index (χ3n) is 3.58. The number of carbonyl (C=O) groups excluding carboxylic acids is 1. The van der Waals surface area contributed by atoms with Crippen molar-refractivity contribution in [3.05, 3.63) is 59.2 Å². The Morgan fingerprint density at radius 2 is 1.67 bits per heavy atom. The van der Waals surface area contributed by atoms with Crippen molar-refractivity contribution in [1.82, 2.24) is 0 Å². The summed E-state index contributed by atoms with van der Waals surface area (Å²) in [5.74, 6) is 0.0226. The molecule has 1 N–H and O–H groups in total. The Kier molecular flexibility index (Phi) is 4.63. The van der Waals surface area contributed by atoms with Gasteiger partial charge in [0.05, 0.1) is 5.56 Å². The summed E-state index contributed by atoms with van der Waals surface area (Å²) in [6.45, 7) is 6.67. The summed E-state index contributed by atoms with van der Waals surface area (Å²) < 4.78 is 0. The van der Waals surface area contributed by atoms with Crippen LogP contribution in [0.25, 0.3) is 0 Å². The lowest BCUT2D eigenvalue weighted by Gasteiger charge is -2.23. The Balaban J connectivity index is 2.41. The second-order valence-electron chi connectivity index (χ2n) is 5.18. The first-order valence-electron chi connectivity index (χ1n) is 7.23. The Morgan fingerprint density at radius 3 is 2.24 bits per heavy atom. The van der Waals surface area contributed by atoms with Gasteiger partial charge in [0.15, 0.2) is 0 Å². The molecule has 2 rings (SSSR count). The van der Waals surface area contributed by atoms with Crippen LogP contribution >= 0.6 is 0 Å². The summed E-state index contributed by atoms with van der Waals surface area (Å²) in [6.07, 6.45) is 0. The van der Waals surface area contributed by atoms with Crippen molar-refractivity contribution < 1.29 is 4.79 Å². The van der Waals surface area contributed by atoms with Gasteiger partial charge in [-0.3, -0.25) is 4.79 Å². The lowest BCUT2D eigenvalue weighted by Crippen LogP contribution is -2.31. The maximum atomic E-state index is 12.9. The molecular weight excluding hydrogens is 260 g/mol. The van der Waals surface area contributed by atoms with Gasteiger partial charge < -0.3 is 10.2 Å². The molecule has 0 atom stereocenters. The molecule has 0 saturated heterocycles. The molecule has 0 spiro atoms. The molecule has 0 radical (unpaired) electrons. The van der Waals surface area contributed by atoms with Gasteiger partial charge in [0.25, 0.3) is 5.91 Å². The molecule has 2 aromatic carbocycles. The normalized spacial score (nSPS) is 10.3. The van der Waals surface area contributed by atoms with E-state index in [9.17, 15) is 4.79 Å². The lowest BCUT2D eigenvalue weighted by atomic mass is 10.1. The van der Waals surface area contributed by atoms with Crippen molar-refractivity contribution in [3.8, 4) is 0 Å². The van der Waals surface area contributed by atoms with Crippen molar-refractivity contribution in [2.45, 2.75) is 20.8 Å². The second-order valence-corrected chi connectivity index (χ2v) is 5.18. The summed E-state index contributed by atoms with van der Waals surface area (Å²) in [5, 5.41) is 3.10. The van der Waals surface area contributed by atoms with Gasteiger partial charge >= 0.3 is 0 Å². The van der Waals surface area contributed by atoms with E-state index in [1.807, 2.05) is 70.3 Å². The topological polar surface area (TPSA) is 32.3 Å².